The van der Waals surface area contributed by atoms with Gasteiger partial charge in [-0.15, -0.1) is 0 Å². The maximum absolute atomic E-state index is 11.4. The van der Waals surface area contributed by atoms with Crippen LogP contribution in [0.5, 0.6) is 0 Å². The van der Waals surface area contributed by atoms with E-state index in [-0.39, 0.29) is 12.4 Å². The van der Waals surface area contributed by atoms with Crippen LogP contribution in [0.3, 0.4) is 0 Å². The maximum Gasteiger partial charge on any atom is 0.327 e. The third kappa shape index (κ3) is 4.75. The fourth-order valence-electron chi connectivity index (χ4n) is 1.03. The molecule has 0 spiro atoms. The Labute approximate surface area is 94.3 Å². The monoisotopic (exact) mass is 246 g/mol. The van der Waals surface area contributed by atoms with Gasteiger partial charge in [-0.05, 0) is 12.1 Å². The van der Waals surface area contributed by atoms with Crippen molar-refractivity contribution in [2.45, 2.75) is 12.8 Å². The Morgan fingerprint density at radius 3 is 2.88 bits per heavy atom. The number of aryl methyl sites for hydroxylation is 1. The SMILES string of the molecule is CO[P@](C)(=O)OCC(=O)CCc1ccco1. The number of ketones is 1. The maximum atomic E-state index is 11.4. The summed E-state index contributed by atoms with van der Waals surface area (Å²) in [7, 11) is -1.77. The molecule has 1 atom stereocenters. The highest BCUT2D eigenvalue weighted by molar-refractivity contribution is 7.52. The first-order chi connectivity index (χ1) is 7.53. The fourth-order valence-corrected chi connectivity index (χ4v) is 1.52. The lowest BCUT2D eigenvalue weighted by molar-refractivity contribution is -0.121. The minimum atomic E-state index is -3.06. The van der Waals surface area contributed by atoms with Gasteiger partial charge >= 0.3 is 7.60 Å². The van der Waals surface area contributed by atoms with Crippen molar-refractivity contribution in [2.75, 3.05) is 20.4 Å². The minimum Gasteiger partial charge on any atom is -0.469 e. The molecule has 0 saturated heterocycles. The normalized spacial score (nSPS) is 14.6. The molecule has 16 heavy (non-hydrogen) atoms. The summed E-state index contributed by atoms with van der Waals surface area (Å²) in [6.07, 6.45) is 2.38. The first-order valence-corrected chi connectivity index (χ1v) is 6.84. The predicted octanol–water partition coefficient (Wildman–Crippen LogP) is 2.27. The summed E-state index contributed by atoms with van der Waals surface area (Å²) in [5.41, 5.74) is 0. The van der Waals surface area contributed by atoms with Crippen LogP contribution >= 0.6 is 7.60 Å². The molecule has 0 amide bonds. The fraction of sp³-hybridized carbons (Fsp3) is 0.500. The van der Waals surface area contributed by atoms with E-state index in [1.165, 1.54) is 13.8 Å². The zero-order chi connectivity index (χ0) is 12.0. The molecule has 0 saturated carbocycles. The van der Waals surface area contributed by atoms with E-state index in [1.807, 2.05) is 0 Å². The Morgan fingerprint density at radius 1 is 1.56 bits per heavy atom. The molecule has 0 aliphatic carbocycles. The van der Waals surface area contributed by atoms with Crippen molar-refractivity contribution in [3.63, 3.8) is 0 Å². The summed E-state index contributed by atoms with van der Waals surface area (Å²) >= 11 is 0. The topological polar surface area (TPSA) is 65.7 Å². The third-order valence-corrected chi connectivity index (χ3v) is 3.28. The number of Topliss-reactive ketones (excluding diaryl/α,β-unsaturated/α-hetero) is 1. The molecule has 0 aliphatic rings. The molecule has 0 N–H and O–H groups in total. The molecule has 5 nitrogen and oxygen atoms in total. The zero-order valence-electron chi connectivity index (χ0n) is 9.34. The van der Waals surface area contributed by atoms with Crippen LogP contribution in [0, 0.1) is 0 Å². The van der Waals surface area contributed by atoms with Gasteiger partial charge in [-0.2, -0.15) is 0 Å². The van der Waals surface area contributed by atoms with Crippen LogP contribution in [0.2, 0.25) is 0 Å². The van der Waals surface area contributed by atoms with E-state index in [2.05, 4.69) is 4.52 Å². The smallest absolute Gasteiger partial charge is 0.327 e. The van der Waals surface area contributed by atoms with Crippen molar-refractivity contribution in [1.29, 1.82) is 0 Å². The van der Waals surface area contributed by atoms with Crippen LogP contribution < -0.4 is 0 Å². The van der Waals surface area contributed by atoms with Gasteiger partial charge in [-0.1, -0.05) is 0 Å². The molecular weight excluding hydrogens is 231 g/mol. The van der Waals surface area contributed by atoms with Gasteiger partial charge in [0.05, 0.1) is 6.26 Å². The summed E-state index contributed by atoms with van der Waals surface area (Å²) in [6.45, 7) is 1.13. The number of hydrogen-bond acceptors (Lipinski definition) is 5. The lowest BCUT2D eigenvalue weighted by Crippen LogP contribution is -2.08. The lowest BCUT2D eigenvalue weighted by Gasteiger charge is -2.09. The van der Waals surface area contributed by atoms with E-state index in [1.54, 1.807) is 18.4 Å². The molecule has 0 unspecified atom stereocenters. The molecule has 90 valence electrons. The van der Waals surface area contributed by atoms with Gasteiger partial charge in [0, 0.05) is 26.6 Å². The number of hydrogen-bond donors (Lipinski definition) is 0. The van der Waals surface area contributed by atoms with E-state index in [0.717, 1.165) is 5.76 Å². The van der Waals surface area contributed by atoms with Crippen LogP contribution in [0.4, 0.5) is 0 Å². The van der Waals surface area contributed by atoms with Gasteiger partial charge in [0.1, 0.15) is 12.4 Å². The number of rotatable bonds is 7. The number of furan rings is 1. The Hall–Kier alpha value is -0.900. The van der Waals surface area contributed by atoms with E-state index < -0.39 is 7.60 Å². The van der Waals surface area contributed by atoms with Crippen LogP contribution in [-0.4, -0.2) is 26.2 Å². The lowest BCUT2D eigenvalue weighted by atomic mass is 10.2. The second-order valence-electron chi connectivity index (χ2n) is 3.35. The van der Waals surface area contributed by atoms with E-state index >= 15 is 0 Å². The Morgan fingerprint density at radius 2 is 2.31 bits per heavy atom. The molecule has 0 radical (unpaired) electrons. The Bertz CT molecular complexity index is 371. The minimum absolute atomic E-state index is 0.129. The summed E-state index contributed by atoms with van der Waals surface area (Å²) in [4.78, 5) is 11.4. The van der Waals surface area contributed by atoms with Crippen LogP contribution in [0.25, 0.3) is 0 Å². The predicted molar refractivity (Wildman–Crippen MR) is 58.5 cm³/mol. The van der Waals surface area contributed by atoms with E-state index in [9.17, 15) is 9.36 Å². The molecular formula is C10H15O5P. The molecule has 6 heteroatoms. The average Bonchev–Trinajstić information content (AvgIpc) is 2.76. The van der Waals surface area contributed by atoms with Crippen molar-refractivity contribution in [3.8, 4) is 0 Å². The average molecular weight is 246 g/mol. The number of carbonyl (C=O) groups excluding carboxylic acids is 1. The van der Waals surface area contributed by atoms with E-state index in [0.29, 0.717) is 12.8 Å². The summed E-state index contributed by atoms with van der Waals surface area (Å²) in [5.74, 6) is 0.621. The largest absolute Gasteiger partial charge is 0.469 e. The molecule has 0 bridgehead atoms. The highest BCUT2D eigenvalue weighted by atomic mass is 31.2. The van der Waals surface area contributed by atoms with Gasteiger partial charge in [-0.25, -0.2) is 0 Å². The molecule has 0 aromatic carbocycles. The summed E-state index contributed by atoms with van der Waals surface area (Å²) in [6, 6.07) is 3.56. The molecule has 0 fully saturated rings. The third-order valence-electron chi connectivity index (χ3n) is 2.02. The van der Waals surface area contributed by atoms with Crippen molar-refractivity contribution >= 4 is 13.4 Å². The van der Waals surface area contributed by atoms with Crippen molar-refractivity contribution in [1.82, 2.24) is 0 Å². The highest BCUT2D eigenvalue weighted by Gasteiger charge is 2.16. The molecule has 1 heterocycles. The molecule has 1 aromatic heterocycles. The first-order valence-electron chi connectivity index (χ1n) is 4.85. The highest BCUT2D eigenvalue weighted by Crippen LogP contribution is 2.42. The van der Waals surface area contributed by atoms with E-state index in [4.69, 9.17) is 8.94 Å². The first kappa shape index (κ1) is 13.2. The van der Waals surface area contributed by atoms with Crippen LogP contribution in [0.15, 0.2) is 22.8 Å². The number of carbonyl (C=O) groups is 1. The zero-order valence-corrected chi connectivity index (χ0v) is 10.2. The Kier molecular flexibility index (Phi) is 4.93. The summed E-state index contributed by atoms with van der Waals surface area (Å²) < 4.78 is 25.8. The summed E-state index contributed by atoms with van der Waals surface area (Å²) in [5, 5.41) is 0. The molecule has 0 aliphatic heterocycles. The molecule has 1 rings (SSSR count). The quantitative estimate of drug-likeness (QED) is 0.690. The molecule has 1 aromatic rings. The van der Waals surface area contributed by atoms with Crippen LogP contribution in [-0.2, 0) is 24.8 Å². The van der Waals surface area contributed by atoms with Gasteiger partial charge in [0.25, 0.3) is 0 Å². The van der Waals surface area contributed by atoms with Crippen molar-refractivity contribution < 1.29 is 22.8 Å². The van der Waals surface area contributed by atoms with Gasteiger partial charge in [-0.3, -0.25) is 9.36 Å². The standard InChI is InChI=1S/C10H15O5P/c1-13-16(2,12)15-8-9(11)5-6-10-4-3-7-14-10/h3-4,7H,5-6,8H2,1-2H3/t16-/m0/s1. The van der Waals surface area contributed by atoms with Gasteiger partial charge in [0.15, 0.2) is 5.78 Å². The Balaban J connectivity index is 2.24. The van der Waals surface area contributed by atoms with Crippen molar-refractivity contribution in [2.24, 2.45) is 0 Å². The van der Waals surface area contributed by atoms with Crippen LogP contribution in [0.1, 0.15) is 12.2 Å². The second-order valence-corrected chi connectivity index (χ2v) is 5.51. The second kappa shape index (κ2) is 5.99. The van der Waals surface area contributed by atoms with Crippen molar-refractivity contribution in [3.05, 3.63) is 24.2 Å². The van der Waals surface area contributed by atoms with Gasteiger partial charge < -0.3 is 13.5 Å². The van der Waals surface area contributed by atoms with Gasteiger partial charge in [0.2, 0.25) is 0 Å².